The third-order valence-corrected chi connectivity index (χ3v) is 7.66. The normalized spacial score (nSPS) is 21.0. The van der Waals surface area contributed by atoms with E-state index >= 15 is 0 Å². The Morgan fingerprint density at radius 3 is 2.42 bits per heavy atom. The van der Waals surface area contributed by atoms with E-state index in [1.165, 1.54) is 34.6 Å². The molecule has 9 heteroatoms. The maximum atomic E-state index is 13.5. The zero-order valence-electron chi connectivity index (χ0n) is 17.1. The number of amides is 1. The first-order valence-corrected chi connectivity index (χ1v) is 11.9. The Hall–Kier alpha value is -2.36. The van der Waals surface area contributed by atoms with Crippen molar-refractivity contribution in [2.24, 2.45) is 0 Å². The predicted octanol–water partition coefficient (Wildman–Crippen LogP) is 2.21. The summed E-state index contributed by atoms with van der Waals surface area (Å²) in [5.41, 5.74) is 1.21. The summed E-state index contributed by atoms with van der Waals surface area (Å²) >= 11 is 0. The van der Waals surface area contributed by atoms with Gasteiger partial charge in [-0.2, -0.15) is 4.31 Å². The largest absolute Gasteiger partial charge is 0.336 e. The number of sulfonamides is 1. The van der Waals surface area contributed by atoms with Crippen molar-refractivity contribution in [2.75, 3.05) is 32.7 Å². The van der Waals surface area contributed by atoms with Crippen molar-refractivity contribution in [3.63, 3.8) is 0 Å². The Bertz CT molecular complexity index is 1050. The molecule has 2 aliphatic rings. The van der Waals surface area contributed by atoms with Crippen LogP contribution in [0.15, 0.2) is 48.5 Å². The molecule has 0 radical (unpaired) electrons. The lowest BCUT2D eigenvalue weighted by Gasteiger charge is -2.40. The monoisotopic (exact) mass is 449 g/mol. The molecular weight excluding hydrogens is 424 g/mol. The Labute approximate surface area is 181 Å². The van der Waals surface area contributed by atoms with Gasteiger partial charge in [0.2, 0.25) is 15.9 Å². The molecule has 2 fully saturated rings. The molecule has 6 nitrogen and oxygen atoms in total. The number of hydrogen-bond donors (Lipinski definition) is 0. The highest BCUT2D eigenvalue weighted by molar-refractivity contribution is 7.88. The van der Waals surface area contributed by atoms with Gasteiger partial charge in [0.15, 0.2) is 0 Å². The van der Waals surface area contributed by atoms with Crippen molar-refractivity contribution in [3.8, 4) is 0 Å². The van der Waals surface area contributed by atoms with Gasteiger partial charge in [0.1, 0.15) is 17.7 Å². The van der Waals surface area contributed by atoms with Crippen LogP contribution >= 0.6 is 0 Å². The van der Waals surface area contributed by atoms with E-state index in [0.717, 1.165) is 5.56 Å². The number of carbonyl (C=O) groups is 1. The molecule has 0 aromatic heterocycles. The number of piperazine rings is 1. The van der Waals surface area contributed by atoms with Gasteiger partial charge in [0.25, 0.3) is 0 Å². The topological polar surface area (TPSA) is 60.9 Å². The van der Waals surface area contributed by atoms with Crippen LogP contribution in [0.4, 0.5) is 8.78 Å². The number of halogens is 2. The van der Waals surface area contributed by atoms with E-state index in [1.54, 1.807) is 23.1 Å². The second-order valence-electron chi connectivity index (χ2n) is 8.04. The number of rotatable bonds is 5. The molecule has 2 heterocycles. The van der Waals surface area contributed by atoms with Crippen LogP contribution in [-0.2, 0) is 27.1 Å². The average molecular weight is 450 g/mol. The summed E-state index contributed by atoms with van der Waals surface area (Å²) < 4.78 is 54.1. The van der Waals surface area contributed by atoms with Gasteiger partial charge in [-0.15, -0.1) is 0 Å². The minimum Gasteiger partial charge on any atom is -0.336 e. The molecule has 4 rings (SSSR count). The molecule has 2 aromatic rings. The number of carbonyl (C=O) groups excluding carboxylic acids is 1. The molecule has 1 amide bonds. The first kappa shape index (κ1) is 21.9. The van der Waals surface area contributed by atoms with E-state index in [-0.39, 0.29) is 24.0 Å². The SMILES string of the molecule is O=C1C2CN(S(=O)(=O)Cc3cccc(F)c3)CCCN2CCN1Cc1ccc(F)cc1. The van der Waals surface area contributed by atoms with Gasteiger partial charge in [-0.1, -0.05) is 24.3 Å². The van der Waals surface area contributed by atoms with Crippen LogP contribution < -0.4 is 0 Å². The van der Waals surface area contributed by atoms with E-state index in [0.29, 0.717) is 44.7 Å². The molecule has 2 saturated heterocycles. The second-order valence-corrected chi connectivity index (χ2v) is 10.0. The van der Waals surface area contributed by atoms with Crippen molar-refractivity contribution in [3.05, 3.63) is 71.3 Å². The molecule has 0 N–H and O–H groups in total. The van der Waals surface area contributed by atoms with Crippen LogP contribution in [0.2, 0.25) is 0 Å². The number of hydrogen-bond acceptors (Lipinski definition) is 4. The Balaban J connectivity index is 1.48. The Morgan fingerprint density at radius 1 is 0.903 bits per heavy atom. The quantitative estimate of drug-likeness (QED) is 0.702. The third-order valence-electron chi connectivity index (χ3n) is 5.84. The fourth-order valence-corrected chi connectivity index (χ4v) is 5.79. The van der Waals surface area contributed by atoms with Crippen molar-refractivity contribution >= 4 is 15.9 Å². The molecule has 0 aliphatic carbocycles. The zero-order valence-corrected chi connectivity index (χ0v) is 17.9. The third kappa shape index (κ3) is 5.11. The first-order valence-electron chi connectivity index (χ1n) is 10.3. The lowest BCUT2D eigenvalue weighted by Crippen LogP contribution is -2.59. The summed E-state index contributed by atoms with van der Waals surface area (Å²) in [6.45, 7) is 2.62. The number of nitrogens with zero attached hydrogens (tertiary/aromatic N) is 3. The van der Waals surface area contributed by atoms with Crippen molar-refractivity contribution < 1.29 is 22.0 Å². The maximum Gasteiger partial charge on any atom is 0.241 e. The van der Waals surface area contributed by atoms with Gasteiger partial charge in [-0.25, -0.2) is 17.2 Å². The smallest absolute Gasteiger partial charge is 0.241 e. The molecule has 2 aromatic carbocycles. The van der Waals surface area contributed by atoms with Gasteiger partial charge in [0, 0.05) is 39.3 Å². The zero-order chi connectivity index (χ0) is 22.0. The molecule has 0 spiro atoms. The summed E-state index contributed by atoms with van der Waals surface area (Å²) in [5.74, 6) is -1.23. The standard InChI is InChI=1S/C22H25F2N3O3S/c23-19-7-5-17(6-8-19)14-26-12-11-25-9-2-10-27(15-21(25)22(26)28)31(29,30)16-18-3-1-4-20(24)13-18/h1,3-8,13,21H,2,9-12,14-16H2. The van der Waals surface area contributed by atoms with Crippen LogP contribution in [0.25, 0.3) is 0 Å². The van der Waals surface area contributed by atoms with Crippen molar-refractivity contribution in [2.45, 2.75) is 24.8 Å². The van der Waals surface area contributed by atoms with E-state index in [1.807, 2.05) is 4.90 Å². The van der Waals surface area contributed by atoms with Crippen LogP contribution in [0.3, 0.4) is 0 Å². The molecule has 1 atom stereocenters. The number of benzene rings is 2. The molecule has 1 unspecified atom stereocenters. The van der Waals surface area contributed by atoms with Gasteiger partial charge >= 0.3 is 0 Å². The highest BCUT2D eigenvalue weighted by atomic mass is 32.2. The predicted molar refractivity (Wildman–Crippen MR) is 112 cm³/mol. The van der Waals surface area contributed by atoms with Gasteiger partial charge in [-0.05, 0) is 41.8 Å². The highest BCUT2D eigenvalue weighted by Gasteiger charge is 2.39. The highest BCUT2D eigenvalue weighted by Crippen LogP contribution is 2.22. The van der Waals surface area contributed by atoms with Gasteiger partial charge in [-0.3, -0.25) is 9.69 Å². The molecule has 0 saturated carbocycles. The van der Waals surface area contributed by atoms with Gasteiger partial charge < -0.3 is 4.90 Å². The van der Waals surface area contributed by atoms with Gasteiger partial charge in [0.05, 0.1) is 5.75 Å². The summed E-state index contributed by atoms with van der Waals surface area (Å²) in [4.78, 5) is 16.9. The van der Waals surface area contributed by atoms with Crippen molar-refractivity contribution in [1.29, 1.82) is 0 Å². The maximum absolute atomic E-state index is 13.5. The Kier molecular flexibility index (Phi) is 6.36. The van der Waals surface area contributed by atoms with E-state index < -0.39 is 21.9 Å². The lowest BCUT2D eigenvalue weighted by atomic mass is 10.1. The van der Waals surface area contributed by atoms with Crippen LogP contribution in [0.5, 0.6) is 0 Å². The molecule has 166 valence electrons. The Morgan fingerprint density at radius 2 is 1.68 bits per heavy atom. The molecule has 2 aliphatic heterocycles. The minimum absolute atomic E-state index is 0.0798. The molecule has 0 bridgehead atoms. The first-order chi connectivity index (χ1) is 14.8. The second kappa shape index (κ2) is 9.02. The summed E-state index contributed by atoms with van der Waals surface area (Å²) in [5, 5.41) is 0. The lowest BCUT2D eigenvalue weighted by molar-refractivity contribution is -0.142. The fraction of sp³-hybridized carbons (Fsp3) is 0.409. The van der Waals surface area contributed by atoms with Crippen LogP contribution in [0.1, 0.15) is 17.5 Å². The van der Waals surface area contributed by atoms with Crippen LogP contribution in [0, 0.1) is 11.6 Å². The van der Waals surface area contributed by atoms with E-state index in [2.05, 4.69) is 0 Å². The average Bonchev–Trinajstić information content (AvgIpc) is 2.95. The van der Waals surface area contributed by atoms with E-state index in [9.17, 15) is 22.0 Å². The summed E-state index contributed by atoms with van der Waals surface area (Å²) in [6.07, 6.45) is 0.629. The summed E-state index contributed by atoms with van der Waals surface area (Å²) in [7, 11) is -3.70. The fourth-order valence-electron chi connectivity index (χ4n) is 4.23. The molecular formula is C22H25F2N3O3S. The molecule has 31 heavy (non-hydrogen) atoms. The van der Waals surface area contributed by atoms with Crippen LogP contribution in [-0.4, -0.2) is 67.2 Å². The van der Waals surface area contributed by atoms with E-state index in [4.69, 9.17) is 0 Å². The summed E-state index contributed by atoms with van der Waals surface area (Å²) in [6, 6.07) is 11.0. The number of fused-ring (bicyclic) bond motifs is 1. The minimum atomic E-state index is -3.70. The van der Waals surface area contributed by atoms with Crippen molar-refractivity contribution in [1.82, 2.24) is 14.1 Å².